The molecule has 26 heavy (non-hydrogen) atoms. The van der Waals surface area contributed by atoms with Gasteiger partial charge in [-0.1, -0.05) is 0 Å². The van der Waals surface area contributed by atoms with Crippen LogP contribution in [-0.4, -0.2) is 59.7 Å². The second-order valence-corrected chi connectivity index (χ2v) is 10.3. The van der Waals surface area contributed by atoms with Crippen LogP contribution >= 0.6 is 0 Å². The first-order valence-corrected chi connectivity index (χ1v) is 10.4. The summed E-state index contributed by atoms with van der Waals surface area (Å²) >= 11 is 0. The number of rotatable bonds is 5. The van der Waals surface area contributed by atoms with E-state index in [-0.39, 0.29) is 5.75 Å². The van der Waals surface area contributed by atoms with Crippen LogP contribution in [-0.2, 0) is 24.9 Å². The lowest BCUT2D eigenvalue weighted by Crippen LogP contribution is -2.64. The Morgan fingerprint density at radius 1 is 1.27 bits per heavy atom. The average molecular weight is 379 g/mol. The first-order valence-electron chi connectivity index (χ1n) is 8.78. The molecular weight excluding hydrogens is 353 g/mol. The van der Waals surface area contributed by atoms with E-state index in [1.807, 2.05) is 33.9 Å². The first kappa shape index (κ1) is 19.4. The zero-order chi connectivity index (χ0) is 19.4. The number of sulfonamides is 1. The van der Waals surface area contributed by atoms with E-state index >= 15 is 0 Å². The minimum Gasteiger partial charge on any atom is -0.399 e. The maximum Gasteiger partial charge on any atom is 0.498 e. The lowest BCUT2D eigenvalue weighted by atomic mass is 9.81. The topological polar surface area (TPSA) is 73.7 Å². The van der Waals surface area contributed by atoms with Gasteiger partial charge in [-0.15, -0.1) is 12.3 Å². The summed E-state index contributed by atoms with van der Waals surface area (Å²) in [4.78, 5) is 0. The highest BCUT2D eigenvalue weighted by atomic mass is 32.2. The van der Waals surface area contributed by atoms with Crippen LogP contribution in [0.5, 0.6) is 0 Å². The third-order valence-electron chi connectivity index (χ3n) is 5.74. The Balaban J connectivity index is 1.82. The fraction of sp³-hybridized carbons (Fsp3) is 0.706. The normalized spacial score (nSPS) is 24.2. The molecule has 142 valence electrons. The quantitative estimate of drug-likeness (QED) is 0.552. The van der Waals surface area contributed by atoms with Crippen molar-refractivity contribution in [2.75, 3.05) is 18.8 Å². The van der Waals surface area contributed by atoms with E-state index in [1.165, 1.54) is 4.31 Å². The third-order valence-corrected chi connectivity index (χ3v) is 7.52. The van der Waals surface area contributed by atoms with E-state index in [4.69, 9.17) is 15.7 Å². The minimum atomic E-state index is -3.22. The second-order valence-electron chi connectivity index (χ2n) is 8.08. The maximum atomic E-state index is 12.1. The van der Waals surface area contributed by atoms with E-state index in [0.717, 1.165) is 5.46 Å². The summed E-state index contributed by atoms with van der Waals surface area (Å²) in [5, 5.41) is 4.45. The van der Waals surface area contributed by atoms with Gasteiger partial charge in [0.2, 0.25) is 10.0 Å². The highest BCUT2D eigenvalue weighted by Gasteiger charge is 2.53. The Morgan fingerprint density at radius 3 is 2.35 bits per heavy atom. The Morgan fingerprint density at radius 2 is 1.85 bits per heavy atom. The van der Waals surface area contributed by atoms with Gasteiger partial charge in [0.25, 0.3) is 0 Å². The van der Waals surface area contributed by atoms with Crippen LogP contribution in [0.4, 0.5) is 0 Å². The summed E-state index contributed by atoms with van der Waals surface area (Å²) < 4.78 is 39.5. The molecule has 2 fully saturated rings. The molecule has 0 aromatic carbocycles. The Hall–Kier alpha value is -1.34. The molecule has 3 rings (SSSR count). The summed E-state index contributed by atoms with van der Waals surface area (Å²) in [6.45, 7) is 10.3. The molecule has 1 aromatic heterocycles. The number of hydrogen-bond acceptors (Lipinski definition) is 5. The molecule has 2 aliphatic heterocycles. The zero-order valence-electron chi connectivity index (χ0n) is 16.0. The number of terminal acetylenes is 1. The molecule has 0 aliphatic carbocycles. The average Bonchev–Trinajstić information content (AvgIpc) is 3.06. The number of nitrogens with zero attached hydrogens (tertiary/aromatic N) is 3. The maximum absolute atomic E-state index is 12.1. The summed E-state index contributed by atoms with van der Waals surface area (Å²) in [6.07, 6.45) is 9.51. The van der Waals surface area contributed by atoms with Crippen LogP contribution in [0.1, 0.15) is 41.0 Å². The van der Waals surface area contributed by atoms with Gasteiger partial charge in [0.1, 0.15) is 5.54 Å². The molecule has 7 nitrogen and oxygen atoms in total. The standard InChI is InChI=1S/C17H26BN3O4S/c1-7-9-17(12-20(13-17)26(22,23)8-2)21-11-14(10-19-21)18-24-15(3,4)16(5,6)25-18/h1,10-11H,8-9,12-13H2,2-6H3. The van der Waals surface area contributed by atoms with Crippen LogP contribution in [0.15, 0.2) is 12.4 Å². The minimum absolute atomic E-state index is 0.0808. The molecule has 0 N–H and O–H groups in total. The van der Waals surface area contributed by atoms with Gasteiger partial charge >= 0.3 is 7.12 Å². The largest absolute Gasteiger partial charge is 0.498 e. The van der Waals surface area contributed by atoms with E-state index in [0.29, 0.717) is 19.5 Å². The van der Waals surface area contributed by atoms with Crippen molar-refractivity contribution in [2.45, 2.75) is 57.8 Å². The molecule has 0 radical (unpaired) electrons. The predicted molar refractivity (Wildman–Crippen MR) is 100 cm³/mol. The monoisotopic (exact) mass is 379 g/mol. The zero-order valence-corrected chi connectivity index (χ0v) is 16.8. The lowest BCUT2D eigenvalue weighted by molar-refractivity contribution is 0.00578. The molecule has 0 atom stereocenters. The predicted octanol–water partition coefficient (Wildman–Crippen LogP) is 0.566. The van der Waals surface area contributed by atoms with E-state index in [9.17, 15) is 8.42 Å². The van der Waals surface area contributed by atoms with Gasteiger partial charge in [-0.05, 0) is 34.6 Å². The molecule has 2 aliphatic rings. The van der Waals surface area contributed by atoms with Gasteiger partial charge in [0.15, 0.2) is 0 Å². The van der Waals surface area contributed by atoms with Crippen LogP contribution < -0.4 is 5.46 Å². The van der Waals surface area contributed by atoms with Crippen LogP contribution in [0, 0.1) is 12.3 Å². The molecule has 3 heterocycles. The Labute approximate surface area is 156 Å². The van der Waals surface area contributed by atoms with Crippen molar-refractivity contribution in [3.63, 3.8) is 0 Å². The third kappa shape index (κ3) is 2.99. The number of hydrogen-bond donors (Lipinski definition) is 0. The second kappa shape index (κ2) is 6.09. The van der Waals surface area contributed by atoms with Crippen molar-refractivity contribution in [2.24, 2.45) is 0 Å². The smallest absolute Gasteiger partial charge is 0.399 e. The summed E-state index contributed by atoms with van der Waals surface area (Å²) in [6, 6.07) is 0. The fourth-order valence-corrected chi connectivity index (χ4v) is 4.45. The SMILES string of the molecule is C#CCC1(n2cc(B3OC(C)(C)C(C)(C)O3)cn2)CN(S(=O)(=O)CC)C1. The molecule has 0 spiro atoms. The van der Waals surface area contributed by atoms with Crippen molar-refractivity contribution >= 4 is 22.6 Å². The van der Waals surface area contributed by atoms with Crippen molar-refractivity contribution in [1.82, 2.24) is 14.1 Å². The molecule has 0 saturated carbocycles. The van der Waals surface area contributed by atoms with Crippen molar-refractivity contribution in [3.05, 3.63) is 12.4 Å². The molecule has 0 amide bonds. The molecule has 0 unspecified atom stereocenters. The summed E-state index contributed by atoms with van der Waals surface area (Å²) in [5.74, 6) is 2.74. The van der Waals surface area contributed by atoms with E-state index < -0.39 is 33.9 Å². The summed E-state index contributed by atoms with van der Waals surface area (Å²) in [5.41, 5.74) is -0.576. The van der Waals surface area contributed by atoms with Gasteiger partial charge in [-0.25, -0.2) is 8.42 Å². The molecule has 1 aromatic rings. The fourth-order valence-electron chi connectivity index (χ4n) is 3.21. The molecule has 9 heteroatoms. The highest BCUT2D eigenvalue weighted by Crippen LogP contribution is 2.37. The Bertz CT molecular complexity index is 818. The van der Waals surface area contributed by atoms with E-state index in [2.05, 4.69) is 11.0 Å². The van der Waals surface area contributed by atoms with Gasteiger partial charge in [-0.2, -0.15) is 9.40 Å². The molecule has 2 saturated heterocycles. The van der Waals surface area contributed by atoms with Gasteiger partial charge < -0.3 is 9.31 Å². The van der Waals surface area contributed by atoms with Crippen molar-refractivity contribution in [3.8, 4) is 12.3 Å². The first-order chi connectivity index (χ1) is 12.0. The van der Waals surface area contributed by atoms with Crippen LogP contribution in [0.3, 0.4) is 0 Å². The molecular formula is C17H26BN3O4S. The van der Waals surface area contributed by atoms with E-state index in [1.54, 1.807) is 17.8 Å². The van der Waals surface area contributed by atoms with Gasteiger partial charge in [-0.3, -0.25) is 4.68 Å². The van der Waals surface area contributed by atoms with Crippen molar-refractivity contribution < 1.29 is 17.7 Å². The van der Waals surface area contributed by atoms with Crippen LogP contribution in [0.2, 0.25) is 0 Å². The number of aromatic nitrogens is 2. The summed E-state index contributed by atoms with van der Waals surface area (Å²) in [7, 11) is -3.73. The van der Waals surface area contributed by atoms with Gasteiger partial charge in [0.05, 0.1) is 17.0 Å². The highest BCUT2D eigenvalue weighted by molar-refractivity contribution is 7.89. The molecule has 0 bridgehead atoms. The van der Waals surface area contributed by atoms with Crippen LogP contribution in [0.25, 0.3) is 0 Å². The Kier molecular flexibility index (Phi) is 4.55. The van der Waals surface area contributed by atoms with Gasteiger partial charge in [0, 0.05) is 37.4 Å². The lowest BCUT2D eigenvalue weighted by Gasteiger charge is -2.48. The van der Waals surface area contributed by atoms with Crippen molar-refractivity contribution in [1.29, 1.82) is 0 Å².